The molecule has 2 nitrogen and oxygen atoms in total. The largest absolute Gasteiger partial charge is 0.391 e. The number of hydrogen-bond acceptors (Lipinski definition) is 2. The van der Waals surface area contributed by atoms with E-state index in [1.54, 1.807) is 0 Å². The lowest BCUT2D eigenvalue weighted by atomic mass is 10.5. The van der Waals surface area contributed by atoms with Gasteiger partial charge in [0.1, 0.15) is 15.5 Å². The molecule has 0 aliphatic rings. The highest BCUT2D eigenvalue weighted by atomic mass is 28.2. The summed E-state index contributed by atoms with van der Waals surface area (Å²) in [7, 11) is 3.45. The SMILES string of the molecule is CN([SiH2]CC[SiH3])c1ccccn1. The molecular weight excluding hydrogens is 180 g/mol. The molecule has 0 radical (unpaired) electrons. The first-order valence-corrected chi connectivity index (χ1v) is 7.51. The second-order valence-electron chi connectivity index (χ2n) is 2.96. The average molecular weight is 196 g/mol. The summed E-state index contributed by atoms with van der Waals surface area (Å²) in [6.45, 7) is 0. The molecule has 0 aliphatic heterocycles. The fourth-order valence-corrected chi connectivity index (χ4v) is 3.24. The fraction of sp³-hybridized carbons (Fsp3) is 0.375. The van der Waals surface area contributed by atoms with Gasteiger partial charge in [0.2, 0.25) is 0 Å². The van der Waals surface area contributed by atoms with Crippen LogP contribution in [0.25, 0.3) is 0 Å². The van der Waals surface area contributed by atoms with Crippen LogP contribution >= 0.6 is 0 Å². The quantitative estimate of drug-likeness (QED) is 0.620. The van der Waals surface area contributed by atoms with Crippen LogP contribution in [0.15, 0.2) is 24.4 Å². The van der Waals surface area contributed by atoms with E-state index in [0.717, 1.165) is 5.82 Å². The van der Waals surface area contributed by atoms with Crippen molar-refractivity contribution in [3.63, 3.8) is 0 Å². The predicted molar refractivity (Wildman–Crippen MR) is 60.7 cm³/mol. The van der Waals surface area contributed by atoms with Crippen molar-refractivity contribution >= 4 is 25.7 Å². The van der Waals surface area contributed by atoms with E-state index in [0.29, 0.717) is 0 Å². The third-order valence-electron chi connectivity index (χ3n) is 1.89. The summed E-state index contributed by atoms with van der Waals surface area (Å²) in [6, 6.07) is 8.96. The lowest BCUT2D eigenvalue weighted by Crippen LogP contribution is -2.22. The Balaban J connectivity index is 2.48. The van der Waals surface area contributed by atoms with Crippen LogP contribution < -0.4 is 4.57 Å². The van der Waals surface area contributed by atoms with Crippen LogP contribution in [0.4, 0.5) is 5.82 Å². The van der Waals surface area contributed by atoms with Gasteiger partial charge in [0.25, 0.3) is 0 Å². The lowest BCUT2D eigenvalue weighted by molar-refractivity contribution is 1.18. The molecule has 0 unspecified atom stereocenters. The van der Waals surface area contributed by atoms with Crippen molar-refractivity contribution < 1.29 is 0 Å². The number of anilines is 1. The average Bonchev–Trinajstić information content (AvgIpc) is 2.15. The van der Waals surface area contributed by atoms with Crippen molar-refractivity contribution in [2.75, 3.05) is 11.6 Å². The third-order valence-corrected chi connectivity index (χ3v) is 6.03. The summed E-state index contributed by atoms with van der Waals surface area (Å²) in [5.74, 6) is 1.14. The van der Waals surface area contributed by atoms with Gasteiger partial charge in [-0.1, -0.05) is 12.1 Å². The first kappa shape index (κ1) is 9.47. The Morgan fingerprint density at radius 3 is 3.00 bits per heavy atom. The highest BCUT2D eigenvalue weighted by Gasteiger charge is 1.98. The molecule has 4 heteroatoms. The number of pyridine rings is 1. The second kappa shape index (κ2) is 5.10. The standard InChI is InChI=1S/C8H16N2Si2/c1-10(12-7-6-11)8-4-2-3-5-9-8/h2-5H,6-7,12H2,1,11H3. The molecule has 0 amide bonds. The normalized spacial score (nSPS) is 11.1. The molecule has 0 N–H and O–H groups in total. The minimum Gasteiger partial charge on any atom is -0.391 e. The molecule has 1 aromatic rings. The molecule has 0 atom stereocenters. The summed E-state index contributed by atoms with van der Waals surface area (Å²) in [6.07, 6.45) is 1.86. The fourth-order valence-electron chi connectivity index (χ4n) is 1.09. The molecular formula is C8H16N2Si2. The third kappa shape index (κ3) is 2.79. The lowest BCUT2D eigenvalue weighted by Gasteiger charge is -2.16. The van der Waals surface area contributed by atoms with Gasteiger partial charge < -0.3 is 4.57 Å². The molecule has 66 valence electrons. The zero-order chi connectivity index (χ0) is 8.81. The Morgan fingerprint density at radius 1 is 1.58 bits per heavy atom. The summed E-state index contributed by atoms with van der Waals surface area (Å²) >= 11 is 0. The van der Waals surface area contributed by atoms with Crippen molar-refractivity contribution in [3.05, 3.63) is 24.4 Å². The maximum Gasteiger partial charge on any atom is 0.125 e. The molecule has 0 saturated heterocycles. The van der Waals surface area contributed by atoms with Crippen LogP contribution in [0.3, 0.4) is 0 Å². The van der Waals surface area contributed by atoms with Gasteiger partial charge in [-0.25, -0.2) is 4.98 Å². The van der Waals surface area contributed by atoms with Crippen LogP contribution in [-0.4, -0.2) is 32.0 Å². The first-order valence-electron chi connectivity index (χ1n) is 4.46. The Morgan fingerprint density at radius 2 is 2.42 bits per heavy atom. The summed E-state index contributed by atoms with van der Waals surface area (Å²) < 4.78 is 2.35. The van der Waals surface area contributed by atoms with Crippen LogP contribution in [-0.2, 0) is 0 Å². The molecule has 0 spiro atoms. The van der Waals surface area contributed by atoms with Crippen molar-refractivity contribution in [1.82, 2.24) is 4.98 Å². The number of rotatable bonds is 4. The Kier molecular flexibility index (Phi) is 4.03. The number of hydrogen-bond donors (Lipinski definition) is 0. The van der Waals surface area contributed by atoms with Crippen molar-refractivity contribution in [2.24, 2.45) is 0 Å². The van der Waals surface area contributed by atoms with Crippen molar-refractivity contribution in [2.45, 2.75) is 12.1 Å². The van der Waals surface area contributed by atoms with Crippen LogP contribution in [0.1, 0.15) is 0 Å². The highest BCUT2D eigenvalue weighted by molar-refractivity contribution is 6.42. The van der Waals surface area contributed by atoms with E-state index in [1.807, 2.05) is 18.3 Å². The summed E-state index contributed by atoms with van der Waals surface area (Å²) in [5, 5.41) is 0. The molecule has 0 aromatic carbocycles. The molecule has 0 aliphatic carbocycles. The van der Waals surface area contributed by atoms with Gasteiger partial charge >= 0.3 is 0 Å². The van der Waals surface area contributed by atoms with Gasteiger partial charge in [-0.3, -0.25) is 0 Å². The Hall–Kier alpha value is -0.616. The van der Waals surface area contributed by atoms with E-state index in [-0.39, 0.29) is 9.68 Å². The molecule has 1 aromatic heterocycles. The predicted octanol–water partition coefficient (Wildman–Crippen LogP) is -0.196. The van der Waals surface area contributed by atoms with E-state index >= 15 is 0 Å². The number of aromatic nitrogens is 1. The van der Waals surface area contributed by atoms with Gasteiger partial charge in [0.05, 0.1) is 0 Å². The van der Waals surface area contributed by atoms with E-state index in [4.69, 9.17) is 0 Å². The topological polar surface area (TPSA) is 16.1 Å². The van der Waals surface area contributed by atoms with Crippen molar-refractivity contribution in [1.29, 1.82) is 0 Å². The van der Waals surface area contributed by atoms with Gasteiger partial charge in [0.15, 0.2) is 0 Å². The molecule has 1 heterocycles. The van der Waals surface area contributed by atoms with Crippen LogP contribution in [0.2, 0.25) is 12.1 Å². The van der Waals surface area contributed by atoms with Gasteiger partial charge in [0, 0.05) is 16.4 Å². The molecule has 0 saturated carbocycles. The summed E-state index contributed by atoms with van der Waals surface area (Å²) in [4.78, 5) is 4.30. The zero-order valence-corrected chi connectivity index (χ0v) is 11.2. The van der Waals surface area contributed by atoms with Crippen LogP contribution in [0.5, 0.6) is 0 Å². The monoisotopic (exact) mass is 196 g/mol. The molecule has 1 rings (SSSR count). The van der Waals surface area contributed by atoms with Crippen molar-refractivity contribution in [3.8, 4) is 0 Å². The maximum absolute atomic E-state index is 4.30. The second-order valence-corrected chi connectivity index (χ2v) is 6.07. The van der Waals surface area contributed by atoms with Gasteiger partial charge in [-0.2, -0.15) is 0 Å². The van der Waals surface area contributed by atoms with Crippen LogP contribution in [0, 0.1) is 0 Å². The van der Waals surface area contributed by atoms with E-state index in [1.165, 1.54) is 22.3 Å². The Bertz CT molecular complexity index is 216. The molecule has 0 bridgehead atoms. The molecule has 0 fully saturated rings. The van der Waals surface area contributed by atoms with E-state index in [9.17, 15) is 0 Å². The smallest absolute Gasteiger partial charge is 0.125 e. The zero-order valence-electron chi connectivity index (χ0n) is 7.83. The first-order chi connectivity index (χ1) is 5.84. The summed E-state index contributed by atoms with van der Waals surface area (Å²) in [5.41, 5.74) is 0. The molecule has 12 heavy (non-hydrogen) atoms. The minimum absolute atomic E-state index is 0.0571. The van der Waals surface area contributed by atoms with E-state index < -0.39 is 0 Å². The van der Waals surface area contributed by atoms with E-state index in [2.05, 4.69) is 22.7 Å². The minimum atomic E-state index is -0.0571. The number of nitrogens with zero attached hydrogens (tertiary/aromatic N) is 2. The van der Waals surface area contributed by atoms with Gasteiger partial charge in [-0.05, 0) is 25.2 Å². The Labute approximate surface area is 79.3 Å². The highest BCUT2D eigenvalue weighted by Crippen LogP contribution is 2.05. The van der Waals surface area contributed by atoms with Gasteiger partial charge in [-0.15, -0.1) is 0 Å². The maximum atomic E-state index is 4.30.